The molecule has 0 radical (unpaired) electrons. The van der Waals surface area contributed by atoms with Gasteiger partial charge in [0.25, 0.3) is 11.5 Å². The first-order chi connectivity index (χ1) is 10.0. The van der Waals surface area contributed by atoms with E-state index in [-0.39, 0.29) is 23.5 Å². The van der Waals surface area contributed by atoms with Gasteiger partial charge in [-0.15, -0.1) is 12.4 Å². The Bertz CT molecular complexity index is 710. The molecule has 0 aromatic carbocycles. The maximum absolute atomic E-state index is 12.3. The van der Waals surface area contributed by atoms with Gasteiger partial charge in [-0.1, -0.05) is 19.9 Å². The van der Waals surface area contributed by atoms with Gasteiger partial charge >= 0.3 is 0 Å². The molecule has 2 aromatic heterocycles. The number of halogens is 1. The number of aromatic nitrogens is 2. The van der Waals surface area contributed by atoms with Crippen LogP contribution in [0, 0.1) is 0 Å². The van der Waals surface area contributed by atoms with Gasteiger partial charge in [-0.05, 0) is 25.0 Å². The van der Waals surface area contributed by atoms with Crippen molar-refractivity contribution in [1.82, 2.24) is 14.7 Å². The lowest BCUT2D eigenvalue weighted by Gasteiger charge is -2.26. The molecule has 0 fully saturated rings. The molecule has 0 aliphatic heterocycles. The summed E-state index contributed by atoms with van der Waals surface area (Å²) in [4.78, 5) is 28.6. The minimum Gasteiger partial charge on any atom is -0.350 e. The van der Waals surface area contributed by atoms with E-state index in [2.05, 4.69) is 10.3 Å². The Morgan fingerprint density at radius 2 is 2.05 bits per heavy atom. The third-order valence-electron chi connectivity index (χ3n) is 3.87. The van der Waals surface area contributed by atoms with Crippen LogP contribution in [0.1, 0.15) is 37.0 Å². The summed E-state index contributed by atoms with van der Waals surface area (Å²) >= 11 is 0. The number of hydrogen-bond donors (Lipinski definition) is 2. The second-order valence-electron chi connectivity index (χ2n) is 5.16. The van der Waals surface area contributed by atoms with Crippen molar-refractivity contribution in [3.05, 3.63) is 46.5 Å². The minimum absolute atomic E-state index is 0. The number of carbonyl (C=O) groups is 1. The molecule has 0 atom stereocenters. The van der Waals surface area contributed by atoms with Gasteiger partial charge in [0.2, 0.25) is 0 Å². The summed E-state index contributed by atoms with van der Waals surface area (Å²) in [7, 11) is 0. The fraction of sp³-hybridized carbons (Fsp3) is 0.400. The molecule has 6 nitrogen and oxygen atoms in total. The molecule has 0 aliphatic carbocycles. The van der Waals surface area contributed by atoms with E-state index in [1.54, 1.807) is 24.4 Å². The number of nitrogens with two attached hydrogens (primary N) is 1. The van der Waals surface area contributed by atoms with Crippen LogP contribution in [0.3, 0.4) is 0 Å². The van der Waals surface area contributed by atoms with Crippen molar-refractivity contribution in [2.75, 3.05) is 6.54 Å². The van der Waals surface area contributed by atoms with Crippen molar-refractivity contribution in [2.45, 2.75) is 32.2 Å². The summed E-state index contributed by atoms with van der Waals surface area (Å²) in [6, 6.07) is 5.21. The Balaban J connectivity index is 0.00000242. The van der Waals surface area contributed by atoms with Crippen molar-refractivity contribution >= 4 is 24.0 Å². The van der Waals surface area contributed by atoms with Gasteiger partial charge in [-0.2, -0.15) is 0 Å². The zero-order chi connectivity index (χ0) is 15.5. The van der Waals surface area contributed by atoms with Crippen LogP contribution in [0.5, 0.6) is 0 Å². The second-order valence-corrected chi connectivity index (χ2v) is 5.16. The number of carbonyl (C=O) groups excluding carboxylic acids is 1. The molecule has 0 aliphatic rings. The van der Waals surface area contributed by atoms with E-state index in [1.807, 2.05) is 13.8 Å². The molecular formula is C15H21ClN4O2. The van der Waals surface area contributed by atoms with E-state index >= 15 is 0 Å². The van der Waals surface area contributed by atoms with Gasteiger partial charge in [-0.25, -0.2) is 4.98 Å². The standard InChI is InChI=1S/C15H20N4O2.ClH/c1-3-15(16,4-2)10-18-13(20)11-9-17-12-7-5-6-8-19(12)14(11)21;/h5-9H,3-4,10,16H2,1-2H3,(H,18,20);1H. The Morgan fingerprint density at radius 3 is 2.68 bits per heavy atom. The molecule has 120 valence electrons. The molecule has 0 unspecified atom stereocenters. The predicted octanol–water partition coefficient (Wildman–Crippen LogP) is 1.36. The largest absolute Gasteiger partial charge is 0.350 e. The van der Waals surface area contributed by atoms with E-state index in [9.17, 15) is 9.59 Å². The summed E-state index contributed by atoms with van der Waals surface area (Å²) < 4.78 is 1.35. The highest BCUT2D eigenvalue weighted by atomic mass is 35.5. The Kier molecular flexibility index (Phi) is 6.08. The zero-order valence-corrected chi connectivity index (χ0v) is 13.5. The highest BCUT2D eigenvalue weighted by Gasteiger charge is 2.22. The van der Waals surface area contributed by atoms with E-state index in [0.29, 0.717) is 12.2 Å². The minimum atomic E-state index is -0.448. The van der Waals surface area contributed by atoms with E-state index in [0.717, 1.165) is 12.8 Å². The molecule has 0 spiro atoms. The number of fused-ring (bicyclic) bond motifs is 1. The number of nitrogens with zero attached hydrogens (tertiary/aromatic N) is 2. The Morgan fingerprint density at radius 1 is 1.36 bits per heavy atom. The highest BCUT2D eigenvalue weighted by molar-refractivity contribution is 5.93. The highest BCUT2D eigenvalue weighted by Crippen LogP contribution is 2.09. The quantitative estimate of drug-likeness (QED) is 0.869. The molecule has 2 aromatic rings. The van der Waals surface area contributed by atoms with Crippen molar-refractivity contribution in [2.24, 2.45) is 5.73 Å². The molecule has 0 bridgehead atoms. The first kappa shape index (κ1) is 18.1. The fourth-order valence-electron chi connectivity index (χ4n) is 2.03. The van der Waals surface area contributed by atoms with Crippen LogP contribution in [0.2, 0.25) is 0 Å². The lowest BCUT2D eigenvalue weighted by molar-refractivity contribution is 0.0940. The third kappa shape index (κ3) is 3.64. The first-order valence-electron chi connectivity index (χ1n) is 7.04. The number of pyridine rings is 1. The van der Waals surface area contributed by atoms with Crippen molar-refractivity contribution in [3.8, 4) is 0 Å². The molecule has 1 amide bonds. The lowest BCUT2D eigenvalue weighted by atomic mass is 9.94. The summed E-state index contributed by atoms with van der Waals surface area (Å²) in [5.74, 6) is -0.442. The SMILES string of the molecule is CCC(N)(CC)CNC(=O)c1cnc2ccccn2c1=O.Cl. The Labute approximate surface area is 135 Å². The molecule has 0 saturated heterocycles. The molecule has 2 rings (SSSR count). The van der Waals surface area contributed by atoms with Crippen LogP contribution in [0.4, 0.5) is 0 Å². The molecule has 7 heteroatoms. The van der Waals surface area contributed by atoms with Gasteiger partial charge in [0, 0.05) is 24.5 Å². The van der Waals surface area contributed by atoms with Crippen molar-refractivity contribution in [3.63, 3.8) is 0 Å². The normalized spacial score (nSPS) is 11.0. The average Bonchev–Trinajstić information content (AvgIpc) is 2.53. The molecular weight excluding hydrogens is 304 g/mol. The lowest BCUT2D eigenvalue weighted by Crippen LogP contribution is -2.49. The average molecular weight is 325 g/mol. The fourth-order valence-corrected chi connectivity index (χ4v) is 2.03. The molecule has 2 heterocycles. The van der Waals surface area contributed by atoms with Crippen LogP contribution >= 0.6 is 12.4 Å². The summed E-state index contributed by atoms with van der Waals surface area (Å²) in [5, 5.41) is 2.73. The van der Waals surface area contributed by atoms with Gasteiger partial charge < -0.3 is 11.1 Å². The number of nitrogens with one attached hydrogen (secondary N) is 1. The Hall–Kier alpha value is -1.92. The summed E-state index contributed by atoms with van der Waals surface area (Å²) in [5.41, 5.74) is 5.84. The van der Waals surface area contributed by atoms with Crippen molar-refractivity contribution < 1.29 is 4.79 Å². The van der Waals surface area contributed by atoms with E-state index in [4.69, 9.17) is 5.73 Å². The van der Waals surface area contributed by atoms with E-state index < -0.39 is 11.4 Å². The van der Waals surface area contributed by atoms with Crippen LogP contribution in [-0.4, -0.2) is 27.4 Å². The van der Waals surface area contributed by atoms with Gasteiger partial charge in [-0.3, -0.25) is 14.0 Å². The predicted molar refractivity (Wildman–Crippen MR) is 88.5 cm³/mol. The topological polar surface area (TPSA) is 89.5 Å². The number of amides is 1. The second kappa shape index (κ2) is 7.38. The van der Waals surface area contributed by atoms with Gasteiger partial charge in [0.05, 0.1) is 0 Å². The third-order valence-corrected chi connectivity index (χ3v) is 3.87. The van der Waals surface area contributed by atoms with Gasteiger partial charge in [0.15, 0.2) is 0 Å². The smallest absolute Gasteiger partial charge is 0.270 e. The van der Waals surface area contributed by atoms with Crippen LogP contribution in [-0.2, 0) is 0 Å². The van der Waals surface area contributed by atoms with E-state index in [1.165, 1.54) is 10.6 Å². The molecule has 3 N–H and O–H groups in total. The summed E-state index contributed by atoms with van der Waals surface area (Å²) in [6.07, 6.45) is 4.40. The molecule has 0 saturated carbocycles. The number of rotatable bonds is 5. The van der Waals surface area contributed by atoms with Gasteiger partial charge in [0.1, 0.15) is 11.2 Å². The maximum Gasteiger partial charge on any atom is 0.270 e. The van der Waals surface area contributed by atoms with Crippen LogP contribution in [0.25, 0.3) is 5.65 Å². The zero-order valence-electron chi connectivity index (χ0n) is 12.7. The number of hydrogen-bond acceptors (Lipinski definition) is 4. The molecule has 22 heavy (non-hydrogen) atoms. The summed E-state index contributed by atoms with van der Waals surface area (Å²) in [6.45, 7) is 4.28. The first-order valence-corrected chi connectivity index (χ1v) is 7.04. The van der Waals surface area contributed by atoms with Crippen LogP contribution < -0.4 is 16.6 Å². The monoisotopic (exact) mass is 324 g/mol. The van der Waals surface area contributed by atoms with Crippen molar-refractivity contribution in [1.29, 1.82) is 0 Å². The maximum atomic E-state index is 12.3. The van der Waals surface area contributed by atoms with Crippen LogP contribution in [0.15, 0.2) is 35.4 Å².